The lowest BCUT2D eigenvalue weighted by Crippen LogP contribution is -2.30. The van der Waals surface area contributed by atoms with E-state index < -0.39 is 0 Å². The first-order chi connectivity index (χ1) is 10.1. The summed E-state index contributed by atoms with van der Waals surface area (Å²) in [7, 11) is 0. The molecule has 0 aliphatic carbocycles. The first kappa shape index (κ1) is 15.9. The standard InChI is InChI=1S/C16H20N2O2S/c1-12(2)20-9-3-8-18-15(19)11-21-16(18)14-6-4-13(10-17)5-7-14/h4-7,12,16H,3,8-9,11H2,1-2H3. The zero-order chi connectivity index (χ0) is 15.2. The number of benzene rings is 1. The lowest BCUT2D eigenvalue weighted by molar-refractivity contribution is -0.128. The van der Waals surface area contributed by atoms with Gasteiger partial charge in [0.15, 0.2) is 0 Å². The minimum absolute atomic E-state index is 0.0595. The van der Waals surface area contributed by atoms with Crippen LogP contribution in [0.2, 0.25) is 0 Å². The highest BCUT2D eigenvalue weighted by Crippen LogP contribution is 2.38. The first-order valence-electron chi connectivity index (χ1n) is 7.14. The van der Waals surface area contributed by atoms with Crippen LogP contribution < -0.4 is 0 Å². The van der Waals surface area contributed by atoms with Gasteiger partial charge < -0.3 is 9.64 Å². The van der Waals surface area contributed by atoms with Gasteiger partial charge >= 0.3 is 0 Å². The third-order valence-electron chi connectivity index (χ3n) is 3.29. The van der Waals surface area contributed by atoms with Crippen molar-refractivity contribution < 1.29 is 9.53 Å². The quantitative estimate of drug-likeness (QED) is 0.758. The van der Waals surface area contributed by atoms with Gasteiger partial charge in [0, 0.05) is 13.2 Å². The second-order valence-corrected chi connectivity index (χ2v) is 6.33. The largest absolute Gasteiger partial charge is 0.379 e. The molecule has 1 atom stereocenters. The lowest BCUT2D eigenvalue weighted by atomic mass is 10.1. The molecule has 1 saturated heterocycles. The number of carbonyl (C=O) groups is 1. The molecule has 1 aliphatic rings. The van der Waals surface area contributed by atoms with Crippen molar-refractivity contribution in [3.05, 3.63) is 35.4 Å². The molecule has 1 aromatic carbocycles. The smallest absolute Gasteiger partial charge is 0.233 e. The molecule has 1 aromatic rings. The van der Waals surface area contributed by atoms with E-state index in [1.807, 2.05) is 30.9 Å². The second-order valence-electron chi connectivity index (χ2n) is 5.26. The van der Waals surface area contributed by atoms with Gasteiger partial charge in [-0.1, -0.05) is 12.1 Å². The van der Waals surface area contributed by atoms with E-state index in [9.17, 15) is 4.79 Å². The zero-order valence-corrected chi connectivity index (χ0v) is 13.2. The minimum Gasteiger partial charge on any atom is -0.379 e. The Labute approximate surface area is 130 Å². The molecule has 1 unspecified atom stereocenters. The van der Waals surface area contributed by atoms with Crippen LogP contribution in [0.5, 0.6) is 0 Å². The molecule has 21 heavy (non-hydrogen) atoms. The molecule has 1 heterocycles. The van der Waals surface area contributed by atoms with E-state index in [1.165, 1.54) is 0 Å². The van der Waals surface area contributed by atoms with Crippen molar-refractivity contribution in [2.75, 3.05) is 18.9 Å². The summed E-state index contributed by atoms with van der Waals surface area (Å²) in [5.74, 6) is 0.703. The highest BCUT2D eigenvalue weighted by Gasteiger charge is 2.32. The Morgan fingerprint density at radius 2 is 2.14 bits per heavy atom. The van der Waals surface area contributed by atoms with Gasteiger partial charge in [-0.3, -0.25) is 4.79 Å². The topological polar surface area (TPSA) is 53.3 Å². The number of hydrogen-bond acceptors (Lipinski definition) is 4. The molecular weight excluding hydrogens is 284 g/mol. The highest BCUT2D eigenvalue weighted by atomic mass is 32.2. The van der Waals surface area contributed by atoms with Crippen molar-refractivity contribution in [1.82, 2.24) is 4.90 Å². The summed E-state index contributed by atoms with van der Waals surface area (Å²) in [5, 5.41) is 8.90. The van der Waals surface area contributed by atoms with Gasteiger partial charge in [-0.25, -0.2) is 0 Å². The number of nitrogens with zero attached hydrogens (tertiary/aromatic N) is 2. The maximum atomic E-state index is 12.0. The van der Waals surface area contributed by atoms with Crippen molar-refractivity contribution in [2.24, 2.45) is 0 Å². The maximum Gasteiger partial charge on any atom is 0.233 e. The van der Waals surface area contributed by atoms with Gasteiger partial charge in [-0.05, 0) is 38.0 Å². The second kappa shape index (κ2) is 7.48. The van der Waals surface area contributed by atoms with Crippen molar-refractivity contribution in [3.8, 4) is 6.07 Å². The number of rotatable bonds is 6. The van der Waals surface area contributed by atoms with Crippen LogP contribution in [-0.2, 0) is 9.53 Å². The van der Waals surface area contributed by atoms with E-state index in [0.29, 0.717) is 24.5 Å². The number of thioether (sulfide) groups is 1. The van der Waals surface area contributed by atoms with E-state index in [1.54, 1.807) is 23.9 Å². The van der Waals surface area contributed by atoms with E-state index in [4.69, 9.17) is 10.00 Å². The molecule has 0 bridgehead atoms. The summed E-state index contributed by atoms with van der Waals surface area (Å²) in [4.78, 5) is 13.9. The summed E-state index contributed by atoms with van der Waals surface area (Å²) in [6, 6.07) is 9.60. The molecule has 1 aliphatic heterocycles. The molecule has 0 N–H and O–H groups in total. The van der Waals surface area contributed by atoms with Crippen LogP contribution in [0.1, 0.15) is 36.8 Å². The van der Waals surface area contributed by atoms with Gasteiger partial charge in [0.25, 0.3) is 0 Å². The number of ether oxygens (including phenoxy) is 1. The average molecular weight is 304 g/mol. The SMILES string of the molecule is CC(C)OCCCN1C(=O)CSC1c1ccc(C#N)cc1. The Balaban J connectivity index is 1.97. The maximum absolute atomic E-state index is 12.0. The van der Waals surface area contributed by atoms with Gasteiger partial charge in [0.2, 0.25) is 5.91 Å². The molecule has 0 saturated carbocycles. The van der Waals surface area contributed by atoms with Crippen molar-refractivity contribution in [3.63, 3.8) is 0 Å². The Morgan fingerprint density at radius 1 is 1.43 bits per heavy atom. The molecule has 0 spiro atoms. The summed E-state index contributed by atoms with van der Waals surface area (Å²) >= 11 is 1.64. The van der Waals surface area contributed by atoms with Crippen molar-refractivity contribution >= 4 is 17.7 Å². The monoisotopic (exact) mass is 304 g/mol. The van der Waals surface area contributed by atoms with E-state index in [0.717, 1.165) is 12.0 Å². The Hall–Kier alpha value is -1.51. The fraction of sp³-hybridized carbons (Fsp3) is 0.500. The molecule has 5 heteroatoms. The Morgan fingerprint density at radius 3 is 2.76 bits per heavy atom. The molecule has 4 nitrogen and oxygen atoms in total. The van der Waals surface area contributed by atoms with Gasteiger partial charge in [0.05, 0.1) is 23.5 Å². The number of carbonyl (C=O) groups excluding carboxylic acids is 1. The van der Waals surface area contributed by atoms with Crippen molar-refractivity contribution in [1.29, 1.82) is 5.26 Å². The van der Waals surface area contributed by atoms with Crippen LogP contribution in [0.25, 0.3) is 0 Å². The first-order valence-corrected chi connectivity index (χ1v) is 8.19. The van der Waals surface area contributed by atoms with Gasteiger partial charge in [-0.15, -0.1) is 11.8 Å². The van der Waals surface area contributed by atoms with Crippen LogP contribution in [0.15, 0.2) is 24.3 Å². The zero-order valence-electron chi connectivity index (χ0n) is 12.4. The molecular formula is C16H20N2O2S. The number of amides is 1. The Bertz CT molecular complexity index is 522. The fourth-order valence-corrected chi connectivity index (χ4v) is 3.47. The summed E-state index contributed by atoms with van der Waals surface area (Å²) in [6.07, 6.45) is 1.07. The van der Waals surface area contributed by atoms with Crippen LogP contribution in [0.4, 0.5) is 0 Å². The molecule has 1 fully saturated rings. The predicted octanol–water partition coefficient (Wildman–Crippen LogP) is 2.95. The third kappa shape index (κ3) is 4.23. The van der Waals surface area contributed by atoms with Crippen LogP contribution >= 0.6 is 11.8 Å². The van der Waals surface area contributed by atoms with E-state index in [-0.39, 0.29) is 17.4 Å². The average Bonchev–Trinajstić information content (AvgIpc) is 2.85. The summed E-state index contributed by atoms with van der Waals surface area (Å²) in [6.45, 7) is 5.41. The van der Waals surface area contributed by atoms with Crippen LogP contribution in [-0.4, -0.2) is 35.8 Å². The van der Waals surface area contributed by atoms with Crippen LogP contribution in [0.3, 0.4) is 0 Å². The van der Waals surface area contributed by atoms with Crippen LogP contribution in [0, 0.1) is 11.3 Å². The van der Waals surface area contributed by atoms with Gasteiger partial charge in [0.1, 0.15) is 5.37 Å². The predicted molar refractivity (Wildman–Crippen MR) is 83.8 cm³/mol. The molecule has 112 valence electrons. The third-order valence-corrected chi connectivity index (χ3v) is 4.54. The summed E-state index contributed by atoms with van der Waals surface area (Å²) in [5.41, 5.74) is 1.72. The van der Waals surface area contributed by atoms with Gasteiger partial charge in [-0.2, -0.15) is 5.26 Å². The molecule has 2 rings (SSSR count). The minimum atomic E-state index is 0.0595. The molecule has 0 radical (unpaired) electrons. The summed E-state index contributed by atoms with van der Waals surface area (Å²) < 4.78 is 5.53. The van der Waals surface area contributed by atoms with Crippen molar-refractivity contribution in [2.45, 2.75) is 31.7 Å². The van der Waals surface area contributed by atoms with E-state index in [2.05, 4.69) is 6.07 Å². The lowest BCUT2D eigenvalue weighted by Gasteiger charge is -2.24. The highest BCUT2D eigenvalue weighted by molar-refractivity contribution is 8.00. The molecule has 0 aromatic heterocycles. The Kier molecular flexibility index (Phi) is 5.66. The molecule has 1 amide bonds. The fourth-order valence-electron chi connectivity index (χ4n) is 2.25. The number of nitriles is 1. The number of hydrogen-bond donors (Lipinski definition) is 0. The normalized spacial score (nSPS) is 18.3. The van der Waals surface area contributed by atoms with E-state index >= 15 is 0 Å².